The molecule has 3 rings (SSSR count). The summed E-state index contributed by atoms with van der Waals surface area (Å²) in [5.74, 6) is -0.589. The number of hydrogen-bond donors (Lipinski definition) is 1. The Morgan fingerprint density at radius 3 is 2.78 bits per heavy atom. The Balaban J connectivity index is 2.10. The zero-order valence-corrected chi connectivity index (χ0v) is 9.80. The number of nitrogens with zero attached hydrogens (tertiary/aromatic N) is 1. The van der Waals surface area contributed by atoms with Gasteiger partial charge in [0.2, 0.25) is 5.88 Å². The first-order chi connectivity index (χ1) is 8.74. The highest BCUT2D eigenvalue weighted by Gasteiger charge is 2.21. The average Bonchev–Trinajstić information content (AvgIpc) is 2.33. The minimum absolute atomic E-state index is 0.0306. The molecular formula is C14H13NO3. The summed E-state index contributed by atoms with van der Waals surface area (Å²) in [6.45, 7) is 0. The summed E-state index contributed by atoms with van der Waals surface area (Å²) in [5, 5.41) is 10.8. The molecule has 1 N–H and O–H groups in total. The molecule has 0 aliphatic heterocycles. The monoisotopic (exact) mass is 243 g/mol. The number of hydrogen-bond acceptors (Lipinski definition) is 3. The summed E-state index contributed by atoms with van der Waals surface area (Å²) in [6, 6.07) is 9.13. The highest BCUT2D eigenvalue weighted by Crippen LogP contribution is 2.29. The normalized spacial score (nSPS) is 15.3. The van der Waals surface area contributed by atoms with Gasteiger partial charge in [0.1, 0.15) is 6.10 Å². The first kappa shape index (κ1) is 11.0. The van der Waals surface area contributed by atoms with Crippen molar-refractivity contribution < 1.29 is 14.6 Å². The number of benzene rings is 1. The van der Waals surface area contributed by atoms with Crippen molar-refractivity contribution in [2.75, 3.05) is 0 Å². The van der Waals surface area contributed by atoms with Gasteiger partial charge >= 0.3 is 5.97 Å². The van der Waals surface area contributed by atoms with Gasteiger partial charge in [0, 0.05) is 5.39 Å². The van der Waals surface area contributed by atoms with Gasteiger partial charge in [0.25, 0.3) is 0 Å². The van der Waals surface area contributed by atoms with Gasteiger partial charge in [-0.25, -0.2) is 9.78 Å². The Hall–Kier alpha value is -2.10. The van der Waals surface area contributed by atoms with Crippen LogP contribution in [0.3, 0.4) is 0 Å². The summed E-state index contributed by atoms with van der Waals surface area (Å²) in [5.41, 5.74) is 0.0306. The van der Waals surface area contributed by atoms with Crippen LogP contribution < -0.4 is 4.74 Å². The molecular weight excluding hydrogens is 230 g/mol. The van der Waals surface area contributed by atoms with Gasteiger partial charge in [-0.3, -0.25) is 0 Å². The van der Waals surface area contributed by atoms with E-state index in [1.54, 1.807) is 6.07 Å². The summed E-state index contributed by atoms with van der Waals surface area (Å²) in [6.07, 6.45) is 3.40. The van der Waals surface area contributed by atoms with Gasteiger partial charge in [-0.2, -0.15) is 0 Å². The molecule has 0 saturated heterocycles. The van der Waals surface area contributed by atoms with Crippen LogP contribution in [0.25, 0.3) is 10.8 Å². The molecule has 18 heavy (non-hydrogen) atoms. The Labute approximate surface area is 104 Å². The molecule has 0 spiro atoms. The van der Waals surface area contributed by atoms with E-state index in [2.05, 4.69) is 4.98 Å². The van der Waals surface area contributed by atoms with E-state index < -0.39 is 5.97 Å². The van der Waals surface area contributed by atoms with Crippen LogP contribution in [-0.4, -0.2) is 22.2 Å². The van der Waals surface area contributed by atoms with E-state index in [9.17, 15) is 4.79 Å². The Bertz CT molecular complexity index is 605. The fraction of sp³-hybridized carbons (Fsp3) is 0.286. The third-order valence-corrected chi connectivity index (χ3v) is 3.26. The van der Waals surface area contributed by atoms with Crippen molar-refractivity contribution in [3.63, 3.8) is 0 Å². The van der Waals surface area contributed by atoms with Crippen LogP contribution in [0.4, 0.5) is 0 Å². The maximum atomic E-state index is 11.0. The molecule has 0 amide bonds. The zero-order valence-electron chi connectivity index (χ0n) is 9.80. The molecule has 1 heterocycles. The first-order valence-electron chi connectivity index (χ1n) is 6.04. The third kappa shape index (κ3) is 1.90. The molecule has 0 atom stereocenters. The van der Waals surface area contributed by atoms with Crippen LogP contribution in [0.1, 0.15) is 29.8 Å². The quantitative estimate of drug-likeness (QED) is 0.900. The third-order valence-electron chi connectivity index (χ3n) is 3.26. The van der Waals surface area contributed by atoms with Crippen LogP contribution in [0, 0.1) is 0 Å². The smallest absolute Gasteiger partial charge is 0.354 e. The predicted octanol–water partition coefficient (Wildman–Crippen LogP) is 2.86. The van der Waals surface area contributed by atoms with Crippen molar-refractivity contribution in [3.05, 3.63) is 36.0 Å². The minimum atomic E-state index is -1.03. The molecule has 1 saturated carbocycles. The van der Waals surface area contributed by atoms with Gasteiger partial charge in [-0.05, 0) is 36.8 Å². The fourth-order valence-electron chi connectivity index (χ4n) is 2.01. The van der Waals surface area contributed by atoms with Gasteiger partial charge in [0.05, 0.1) is 0 Å². The summed E-state index contributed by atoms with van der Waals surface area (Å²) in [4.78, 5) is 15.1. The molecule has 0 radical (unpaired) electrons. The highest BCUT2D eigenvalue weighted by molar-refractivity contribution is 5.94. The molecule has 4 heteroatoms. The lowest BCUT2D eigenvalue weighted by Gasteiger charge is -2.26. The SMILES string of the molecule is O=C(O)c1cc2ccccc2c(OC2CCC2)n1. The number of rotatable bonds is 3. The largest absolute Gasteiger partial charge is 0.477 e. The van der Waals surface area contributed by atoms with Crippen molar-refractivity contribution in [2.24, 2.45) is 0 Å². The lowest BCUT2D eigenvalue weighted by molar-refractivity contribution is 0.0685. The lowest BCUT2D eigenvalue weighted by atomic mass is 9.96. The molecule has 1 fully saturated rings. The molecule has 92 valence electrons. The summed E-state index contributed by atoms with van der Waals surface area (Å²) < 4.78 is 5.78. The number of carboxylic acids is 1. The van der Waals surface area contributed by atoms with Crippen molar-refractivity contribution in [3.8, 4) is 5.88 Å². The molecule has 1 aromatic heterocycles. The Morgan fingerprint density at radius 2 is 2.11 bits per heavy atom. The molecule has 1 aliphatic carbocycles. The first-order valence-corrected chi connectivity index (χ1v) is 6.04. The van der Waals surface area contributed by atoms with Crippen LogP contribution >= 0.6 is 0 Å². The molecule has 1 aromatic carbocycles. The number of pyridine rings is 1. The van der Waals surface area contributed by atoms with Crippen LogP contribution in [0.15, 0.2) is 30.3 Å². The maximum absolute atomic E-state index is 11.0. The number of ether oxygens (including phenoxy) is 1. The van der Waals surface area contributed by atoms with E-state index in [1.165, 1.54) is 6.42 Å². The van der Waals surface area contributed by atoms with E-state index >= 15 is 0 Å². The molecule has 2 aromatic rings. The van der Waals surface area contributed by atoms with E-state index in [-0.39, 0.29) is 11.8 Å². The fourth-order valence-corrected chi connectivity index (χ4v) is 2.01. The number of aromatic nitrogens is 1. The van der Waals surface area contributed by atoms with Gasteiger partial charge in [-0.1, -0.05) is 18.2 Å². The molecule has 1 aliphatic rings. The van der Waals surface area contributed by atoms with Gasteiger partial charge in [0.15, 0.2) is 5.69 Å². The average molecular weight is 243 g/mol. The highest BCUT2D eigenvalue weighted by atomic mass is 16.5. The van der Waals surface area contributed by atoms with Crippen molar-refractivity contribution in [1.29, 1.82) is 0 Å². The van der Waals surface area contributed by atoms with Gasteiger partial charge < -0.3 is 9.84 Å². The molecule has 4 nitrogen and oxygen atoms in total. The van der Waals surface area contributed by atoms with Crippen LogP contribution in [-0.2, 0) is 0 Å². The van der Waals surface area contributed by atoms with E-state index in [0.717, 1.165) is 23.6 Å². The molecule has 0 unspecified atom stereocenters. The predicted molar refractivity (Wildman–Crippen MR) is 67.0 cm³/mol. The maximum Gasteiger partial charge on any atom is 0.354 e. The summed E-state index contributed by atoms with van der Waals surface area (Å²) in [7, 11) is 0. The number of carboxylic acid groups (broad SMARTS) is 1. The standard InChI is InChI=1S/C14H13NO3/c16-14(17)12-8-9-4-1-2-7-11(9)13(15-12)18-10-5-3-6-10/h1-2,4,7-8,10H,3,5-6H2,(H,16,17). The van der Waals surface area contributed by atoms with E-state index in [4.69, 9.17) is 9.84 Å². The second kappa shape index (κ2) is 4.29. The zero-order chi connectivity index (χ0) is 12.5. The topological polar surface area (TPSA) is 59.4 Å². The lowest BCUT2D eigenvalue weighted by Crippen LogP contribution is -2.25. The number of carbonyl (C=O) groups is 1. The molecule has 0 bridgehead atoms. The van der Waals surface area contributed by atoms with E-state index in [0.29, 0.717) is 5.88 Å². The Morgan fingerprint density at radius 1 is 1.33 bits per heavy atom. The second-order valence-corrected chi connectivity index (χ2v) is 4.51. The van der Waals surface area contributed by atoms with E-state index in [1.807, 2.05) is 24.3 Å². The van der Waals surface area contributed by atoms with Crippen molar-refractivity contribution >= 4 is 16.7 Å². The Kier molecular flexibility index (Phi) is 2.63. The minimum Gasteiger partial charge on any atom is -0.477 e. The number of aromatic carboxylic acids is 1. The second-order valence-electron chi connectivity index (χ2n) is 4.51. The number of fused-ring (bicyclic) bond motifs is 1. The van der Waals surface area contributed by atoms with Crippen molar-refractivity contribution in [2.45, 2.75) is 25.4 Å². The van der Waals surface area contributed by atoms with Crippen molar-refractivity contribution in [1.82, 2.24) is 4.98 Å². The van der Waals surface area contributed by atoms with Crippen LogP contribution in [0.5, 0.6) is 5.88 Å². The summed E-state index contributed by atoms with van der Waals surface area (Å²) >= 11 is 0. The van der Waals surface area contributed by atoms with Crippen LogP contribution in [0.2, 0.25) is 0 Å². The van der Waals surface area contributed by atoms with Gasteiger partial charge in [-0.15, -0.1) is 0 Å².